The zero-order valence-electron chi connectivity index (χ0n) is 10.6. The normalized spacial score (nSPS) is 9.00. The molecule has 0 heterocycles. The first-order chi connectivity index (χ1) is 9.02. The Morgan fingerprint density at radius 2 is 2.05 bits per heavy atom. The minimum absolute atomic E-state index is 0.0202. The quantitative estimate of drug-likeness (QED) is 0.729. The van der Waals surface area contributed by atoms with Crippen molar-refractivity contribution in [1.82, 2.24) is 5.32 Å². The lowest BCUT2D eigenvalue weighted by Gasteiger charge is -2.09. The highest BCUT2D eigenvalue weighted by Gasteiger charge is 2.07. The molecule has 1 aromatic rings. The average molecular weight is 263 g/mol. The molecule has 0 aromatic heterocycles. The van der Waals surface area contributed by atoms with Crippen LogP contribution in [0.1, 0.15) is 13.8 Å². The molecule has 0 bridgehead atoms. The van der Waals surface area contributed by atoms with Crippen LogP contribution in [0.4, 0.5) is 20.6 Å². The van der Waals surface area contributed by atoms with E-state index in [-0.39, 0.29) is 18.1 Å². The molecule has 3 N–H and O–H groups in total. The summed E-state index contributed by atoms with van der Waals surface area (Å²) in [5, 5.41) is 7.28. The van der Waals surface area contributed by atoms with Crippen molar-refractivity contribution >= 4 is 23.3 Å². The van der Waals surface area contributed by atoms with Crippen LogP contribution < -0.4 is 16.0 Å². The maximum absolute atomic E-state index is 13.5. The van der Waals surface area contributed by atoms with Gasteiger partial charge in [-0.1, -0.05) is 5.92 Å². The smallest absolute Gasteiger partial charge is 0.320 e. The van der Waals surface area contributed by atoms with Gasteiger partial charge in [0.1, 0.15) is 5.82 Å². The van der Waals surface area contributed by atoms with E-state index < -0.39 is 11.8 Å². The maximum atomic E-state index is 13.5. The van der Waals surface area contributed by atoms with Gasteiger partial charge in [-0.2, -0.15) is 0 Å². The first kappa shape index (κ1) is 14.5. The summed E-state index contributed by atoms with van der Waals surface area (Å²) in [5.74, 6) is 4.39. The van der Waals surface area contributed by atoms with Crippen molar-refractivity contribution in [1.29, 1.82) is 0 Å². The summed E-state index contributed by atoms with van der Waals surface area (Å²) in [6, 6.07) is 3.33. The van der Waals surface area contributed by atoms with Crippen LogP contribution in [-0.2, 0) is 4.79 Å². The highest BCUT2D eigenvalue weighted by Crippen LogP contribution is 2.19. The topological polar surface area (TPSA) is 70.2 Å². The lowest BCUT2D eigenvalue weighted by atomic mass is 10.2. The standard InChI is InChI=1S/C13H14FN3O2/c1-3-4-7-15-13(19)17-12-8-10(16-9(2)18)5-6-11(12)14/h5-6,8H,7H2,1-2H3,(H,16,18)(H2,15,17,19). The highest BCUT2D eigenvalue weighted by atomic mass is 19.1. The van der Waals surface area contributed by atoms with Crippen LogP contribution in [0.25, 0.3) is 0 Å². The summed E-state index contributed by atoms with van der Waals surface area (Å²) in [6.45, 7) is 3.16. The number of rotatable bonds is 3. The molecule has 0 radical (unpaired) electrons. The van der Waals surface area contributed by atoms with Crippen LogP contribution in [0.5, 0.6) is 0 Å². The van der Waals surface area contributed by atoms with Gasteiger partial charge in [-0.05, 0) is 25.1 Å². The summed E-state index contributed by atoms with van der Waals surface area (Å²) < 4.78 is 13.5. The van der Waals surface area contributed by atoms with Crippen LogP contribution in [0.3, 0.4) is 0 Å². The molecule has 0 aliphatic rings. The lowest BCUT2D eigenvalue weighted by molar-refractivity contribution is -0.114. The Morgan fingerprint density at radius 1 is 1.32 bits per heavy atom. The highest BCUT2D eigenvalue weighted by molar-refractivity contribution is 5.92. The summed E-state index contributed by atoms with van der Waals surface area (Å²) in [4.78, 5) is 22.3. The molecule has 0 fully saturated rings. The zero-order valence-corrected chi connectivity index (χ0v) is 10.6. The average Bonchev–Trinajstić information content (AvgIpc) is 2.33. The first-order valence-corrected chi connectivity index (χ1v) is 5.54. The molecule has 3 amide bonds. The van der Waals surface area contributed by atoms with E-state index in [1.54, 1.807) is 6.92 Å². The van der Waals surface area contributed by atoms with Gasteiger partial charge in [0.25, 0.3) is 0 Å². The predicted molar refractivity (Wildman–Crippen MR) is 71.2 cm³/mol. The van der Waals surface area contributed by atoms with Crippen LogP contribution >= 0.6 is 0 Å². The van der Waals surface area contributed by atoms with E-state index in [0.717, 1.165) is 6.07 Å². The van der Waals surface area contributed by atoms with E-state index in [4.69, 9.17) is 0 Å². The van der Waals surface area contributed by atoms with E-state index in [0.29, 0.717) is 5.69 Å². The number of carbonyl (C=O) groups is 2. The Labute approximate surface area is 110 Å². The number of benzene rings is 1. The number of halogens is 1. The second kappa shape index (κ2) is 7.01. The van der Waals surface area contributed by atoms with Crippen LogP contribution in [-0.4, -0.2) is 18.5 Å². The number of anilines is 2. The molecular formula is C13H14FN3O2. The largest absolute Gasteiger partial charge is 0.327 e. The van der Waals surface area contributed by atoms with Crippen molar-refractivity contribution in [3.05, 3.63) is 24.0 Å². The minimum Gasteiger partial charge on any atom is -0.327 e. The van der Waals surface area contributed by atoms with Gasteiger partial charge in [0.15, 0.2) is 0 Å². The summed E-state index contributed by atoms with van der Waals surface area (Å²) in [7, 11) is 0. The molecule has 1 rings (SSSR count). The Balaban J connectivity index is 2.72. The number of amides is 3. The molecule has 0 aliphatic carbocycles. The second-order valence-electron chi connectivity index (χ2n) is 3.61. The number of hydrogen-bond acceptors (Lipinski definition) is 2. The van der Waals surface area contributed by atoms with Gasteiger partial charge in [-0.15, -0.1) is 5.92 Å². The van der Waals surface area contributed by atoms with Crippen LogP contribution in [0.15, 0.2) is 18.2 Å². The van der Waals surface area contributed by atoms with Crippen LogP contribution in [0.2, 0.25) is 0 Å². The van der Waals surface area contributed by atoms with Gasteiger partial charge in [0.05, 0.1) is 12.2 Å². The summed E-state index contributed by atoms with van der Waals surface area (Å²) in [5.41, 5.74) is 0.380. The fourth-order valence-electron chi connectivity index (χ4n) is 1.28. The van der Waals surface area contributed by atoms with Gasteiger partial charge in [0, 0.05) is 12.6 Å². The third-order valence-electron chi connectivity index (χ3n) is 2.05. The molecule has 6 heteroatoms. The molecule has 0 saturated carbocycles. The predicted octanol–water partition coefficient (Wildman–Crippen LogP) is 1.93. The summed E-state index contributed by atoms with van der Waals surface area (Å²) >= 11 is 0. The number of urea groups is 1. The van der Waals surface area contributed by atoms with E-state index in [2.05, 4.69) is 27.8 Å². The third-order valence-corrected chi connectivity index (χ3v) is 2.05. The molecule has 0 saturated heterocycles. The third kappa shape index (κ3) is 5.08. The molecule has 0 spiro atoms. The summed E-state index contributed by atoms with van der Waals surface area (Å²) in [6.07, 6.45) is 0. The van der Waals surface area contributed by atoms with Crippen molar-refractivity contribution in [2.24, 2.45) is 0 Å². The molecule has 0 unspecified atom stereocenters. The van der Waals surface area contributed by atoms with Gasteiger partial charge in [-0.25, -0.2) is 9.18 Å². The first-order valence-electron chi connectivity index (χ1n) is 5.54. The van der Waals surface area contributed by atoms with Gasteiger partial charge >= 0.3 is 6.03 Å². The van der Waals surface area contributed by atoms with Gasteiger partial charge < -0.3 is 16.0 Å². The second-order valence-corrected chi connectivity index (χ2v) is 3.61. The monoisotopic (exact) mass is 263 g/mol. The zero-order chi connectivity index (χ0) is 14.3. The Hall–Kier alpha value is -2.55. The van der Waals surface area contributed by atoms with E-state index >= 15 is 0 Å². The fourth-order valence-corrected chi connectivity index (χ4v) is 1.28. The van der Waals surface area contributed by atoms with Crippen molar-refractivity contribution in [2.45, 2.75) is 13.8 Å². The van der Waals surface area contributed by atoms with Crippen molar-refractivity contribution < 1.29 is 14.0 Å². The molecule has 19 heavy (non-hydrogen) atoms. The number of hydrogen-bond donors (Lipinski definition) is 3. The van der Waals surface area contributed by atoms with E-state index in [9.17, 15) is 14.0 Å². The minimum atomic E-state index is -0.592. The molecule has 1 aromatic carbocycles. The van der Waals surface area contributed by atoms with E-state index in [1.807, 2.05) is 0 Å². The fraction of sp³-hybridized carbons (Fsp3) is 0.231. The van der Waals surface area contributed by atoms with Crippen LogP contribution in [0, 0.1) is 17.7 Å². The van der Waals surface area contributed by atoms with Crippen molar-refractivity contribution in [3.63, 3.8) is 0 Å². The molecule has 100 valence electrons. The Kier molecular flexibility index (Phi) is 5.35. The number of nitrogens with one attached hydrogen (secondary N) is 3. The molecule has 0 aliphatic heterocycles. The van der Waals surface area contributed by atoms with Gasteiger partial charge in [0.2, 0.25) is 5.91 Å². The lowest BCUT2D eigenvalue weighted by Crippen LogP contribution is -2.29. The SMILES string of the molecule is CC#CCNC(=O)Nc1cc(NC(C)=O)ccc1F. The molecule has 0 atom stereocenters. The molecular weight excluding hydrogens is 249 g/mol. The number of carbonyl (C=O) groups excluding carboxylic acids is 2. The molecule has 5 nitrogen and oxygen atoms in total. The van der Waals surface area contributed by atoms with Crippen molar-refractivity contribution in [2.75, 3.05) is 17.2 Å². The Morgan fingerprint density at radius 3 is 2.68 bits per heavy atom. The maximum Gasteiger partial charge on any atom is 0.320 e. The van der Waals surface area contributed by atoms with E-state index in [1.165, 1.54) is 19.1 Å². The van der Waals surface area contributed by atoms with Gasteiger partial charge in [-0.3, -0.25) is 4.79 Å². The van der Waals surface area contributed by atoms with Crippen molar-refractivity contribution in [3.8, 4) is 11.8 Å². The Bertz CT molecular complexity index is 547.